The Bertz CT molecular complexity index is 918. The average Bonchev–Trinajstić information content (AvgIpc) is 3.03. The Morgan fingerprint density at radius 1 is 1.15 bits per heavy atom. The first-order chi connectivity index (χ1) is 12.4. The van der Waals surface area contributed by atoms with Crippen molar-refractivity contribution in [1.82, 2.24) is 10.4 Å². The van der Waals surface area contributed by atoms with Gasteiger partial charge in [-0.2, -0.15) is 5.10 Å². The van der Waals surface area contributed by atoms with E-state index < -0.39 is 0 Å². The van der Waals surface area contributed by atoms with Gasteiger partial charge >= 0.3 is 0 Å². The zero-order chi connectivity index (χ0) is 18.6. The summed E-state index contributed by atoms with van der Waals surface area (Å²) in [5, 5.41) is 5.05. The maximum absolute atomic E-state index is 11.9. The normalized spacial score (nSPS) is 11.8. The molecule has 2 aromatic carbocycles. The lowest BCUT2D eigenvalue weighted by Gasteiger charge is -2.19. The first kappa shape index (κ1) is 17.7. The van der Waals surface area contributed by atoms with Gasteiger partial charge in [-0.15, -0.1) is 0 Å². The van der Waals surface area contributed by atoms with Gasteiger partial charge in [0.2, 0.25) is 0 Å². The maximum Gasteiger partial charge on any atom is 0.277 e. The standard InChI is InChI=1S/C21H23N3O2/c1-21(2,3)16-8-10-17(11-9-16)26-14-20(25)24-23-13-15-12-22-19-7-5-4-6-18(15)19/h4-13,22H,14H2,1-3H3,(H,24,25). The number of benzene rings is 2. The largest absolute Gasteiger partial charge is 0.484 e. The summed E-state index contributed by atoms with van der Waals surface area (Å²) >= 11 is 0. The Kier molecular flexibility index (Phi) is 5.07. The minimum absolute atomic E-state index is 0.0832. The lowest BCUT2D eigenvalue weighted by molar-refractivity contribution is -0.123. The molecule has 1 aromatic heterocycles. The van der Waals surface area contributed by atoms with E-state index in [1.807, 2.05) is 54.7 Å². The van der Waals surface area contributed by atoms with Crippen LogP contribution in [0.25, 0.3) is 10.9 Å². The molecule has 0 saturated carbocycles. The number of aromatic nitrogens is 1. The van der Waals surface area contributed by atoms with Crippen molar-refractivity contribution in [2.75, 3.05) is 6.61 Å². The van der Waals surface area contributed by atoms with Crippen molar-refractivity contribution < 1.29 is 9.53 Å². The summed E-state index contributed by atoms with van der Waals surface area (Å²) in [5.74, 6) is 0.356. The predicted octanol–water partition coefficient (Wildman–Crippen LogP) is 3.99. The quantitative estimate of drug-likeness (QED) is 0.540. The average molecular weight is 349 g/mol. The van der Waals surface area contributed by atoms with Crippen molar-refractivity contribution in [3.8, 4) is 5.75 Å². The number of aromatic amines is 1. The van der Waals surface area contributed by atoms with Crippen LogP contribution in [0, 0.1) is 0 Å². The molecular formula is C21H23N3O2. The number of nitrogens with zero attached hydrogens (tertiary/aromatic N) is 1. The van der Waals surface area contributed by atoms with E-state index in [0.29, 0.717) is 5.75 Å². The molecule has 2 N–H and O–H groups in total. The van der Waals surface area contributed by atoms with E-state index in [-0.39, 0.29) is 17.9 Å². The molecule has 0 aliphatic heterocycles. The van der Waals surface area contributed by atoms with Crippen LogP contribution in [0.3, 0.4) is 0 Å². The van der Waals surface area contributed by atoms with Crippen molar-refractivity contribution in [2.24, 2.45) is 5.10 Å². The van der Waals surface area contributed by atoms with Crippen molar-refractivity contribution in [1.29, 1.82) is 0 Å². The third kappa shape index (κ3) is 4.30. The van der Waals surface area contributed by atoms with Gasteiger partial charge in [0.05, 0.1) is 6.21 Å². The number of para-hydroxylation sites is 1. The fourth-order valence-corrected chi connectivity index (χ4v) is 2.61. The Morgan fingerprint density at radius 2 is 1.88 bits per heavy atom. The van der Waals surface area contributed by atoms with Crippen LogP contribution in [0.2, 0.25) is 0 Å². The summed E-state index contributed by atoms with van der Waals surface area (Å²) in [6.07, 6.45) is 3.47. The summed E-state index contributed by atoms with van der Waals surface area (Å²) in [5.41, 5.74) is 5.74. The van der Waals surface area contributed by atoms with E-state index in [9.17, 15) is 4.79 Å². The number of rotatable bonds is 5. The maximum atomic E-state index is 11.9. The predicted molar refractivity (Wildman–Crippen MR) is 105 cm³/mol. The fourth-order valence-electron chi connectivity index (χ4n) is 2.61. The lowest BCUT2D eigenvalue weighted by Crippen LogP contribution is -2.24. The minimum atomic E-state index is -0.305. The molecule has 1 amide bonds. The number of H-pyrrole nitrogens is 1. The first-order valence-electron chi connectivity index (χ1n) is 8.55. The van der Waals surface area contributed by atoms with Crippen molar-refractivity contribution in [2.45, 2.75) is 26.2 Å². The number of fused-ring (bicyclic) bond motifs is 1. The summed E-state index contributed by atoms with van der Waals surface area (Å²) in [4.78, 5) is 15.0. The number of carbonyl (C=O) groups is 1. The Morgan fingerprint density at radius 3 is 2.62 bits per heavy atom. The number of nitrogens with one attached hydrogen (secondary N) is 2. The van der Waals surface area contributed by atoms with Crippen LogP contribution in [-0.4, -0.2) is 23.7 Å². The second-order valence-electron chi connectivity index (χ2n) is 7.15. The molecule has 26 heavy (non-hydrogen) atoms. The molecule has 0 aliphatic rings. The van der Waals surface area contributed by atoms with E-state index in [0.717, 1.165) is 16.5 Å². The molecule has 0 aliphatic carbocycles. The highest BCUT2D eigenvalue weighted by atomic mass is 16.5. The van der Waals surface area contributed by atoms with Gasteiger partial charge in [-0.1, -0.05) is 51.1 Å². The lowest BCUT2D eigenvalue weighted by atomic mass is 9.87. The zero-order valence-corrected chi connectivity index (χ0v) is 15.2. The molecule has 0 spiro atoms. The van der Waals surface area contributed by atoms with Gasteiger partial charge in [-0.25, -0.2) is 5.43 Å². The monoisotopic (exact) mass is 349 g/mol. The molecule has 0 radical (unpaired) electrons. The molecule has 0 unspecified atom stereocenters. The second-order valence-corrected chi connectivity index (χ2v) is 7.15. The molecule has 0 bridgehead atoms. The van der Waals surface area contributed by atoms with Crippen LogP contribution in [0.15, 0.2) is 59.8 Å². The highest BCUT2D eigenvalue weighted by Gasteiger charge is 2.13. The second kappa shape index (κ2) is 7.44. The summed E-state index contributed by atoms with van der Waals surface area (Å²) < 4.78 is 5.50. The van der Waals surface area contributed by atoms with Crippen LogP contribution in [-0.2, 0) is 10.2 Å². The molecular weight excluding hydrogens is 326 g/mol. The number of hydrazone groups is 1. The number of ether oxygens (including phenoxy) is 1. The van der Waals surface area contributed by atoms with Gasteiger partial charge < -0.3 is 9.72 Å². The SMILES string of the molecule is CC(C)(C)c1ccc(OCC(=O)NN=Cc2c[nH]c3ccccc23)cc1. The fraction of sp³-hybridized carbons (Fsp3) is 0.238. The van der Waals surface area contributed by atoms with E-state index in [1.54, 1.807) is 6.21 Å². The number of hydrogen-bond donors (Lipinski definition) is 2. The number of amides is 1. The number of hydrogen-bond acceptors (Lipinski definition) is 3. The van der Waals surface area contributed by atoms with Gasteiger partial charge in [-0.05, 0) is 29.2 Å². The van der Waals surface area contributed by atoms with Crippen molar-refractivity contribution >= 4 is 23.0 Å². The van der Waals surface area contributed by atoms with Gasteiger partial charge in [0, 0.05) is 22.7 Å². The van der Waals surface area contributed by atoms with Gasteiger partial charge in [0.25, 0.3) is 5.91 Å². The van der Waals surface area contributed by atoms with E-state index >= 15 is 0 Å². The van der Waals surface area contributed by atoms with Crippen LogP contribution in [0.4, 0.5) is 0 Å². The molecule has 0 saturated heterocycles. The van der Waals surface area contributed by atoms with Crippen LogP contribution >= 0.6 is 0 Å². The third-order valence-electron chi connectivity index (χ3n) is 4.10. The summed E-state index contributed by atoms with van der Waals surface area (Å²) in [7, 11) is 0. The van der Waals surface area contributed by atoms with E-state index in [4.69, 9.17) is 4.74 Å². The van der Waals surface area contributed by atoms with Crippen molar-refractivity contribution in [3.05, 3.63) is 65.9 Å². The van der Waals surface area contributed by atoms with Crippen molar-refractivity contribution in [3.63, 3.8) is 0 Å². The van der Waals surface area contributed by atoms with E-state index in [2.05, 4.69) is 36.3 Å². The Balaban J connectivity index is 1.51. The van der Waals surface area contributed by atoms with Gasteiger partial charge in [0.1, 0.15) is 5.75 Å². The Labute approximate surface area is 153 Å². The van der Waals surface area contributed by atoms with Crippen LogP contribution in [0.1, 0.15) is 31.9 Å². The highest BCUT2D eigenvalue weighted by Crippen LogP contribution is 2.24. The summed E-state index contributed by atoms with van der Waals surface area (Å²) in [6.45, 7) is 6.38. The van der Waals surface area contributed by atoms with Crippen LogP contribution < -0.4 is 10.2 Å². The first-order valence-corrected chi connectivity index (χ1v) is 8.55. The molecule has 134 valence electrons. The smallest absolute Gasteiger partial charge is 0.277 e. The molecule has 0 fully saturated rings. The third-order valence-corrected chi connectivity index (χ3v) is 4.10. The van der Waals surface area contributed by atoms with Gasteiger partial charge in [0.15, 0.2) is 6.61 Å². The molecule has 3 aromatic rings. The molecule has 1 heterocycles. The zero-order valence-electron chi connectivity index (χ0n) is 15.2. The molecule has 3 rings (SSSR count). The topological polar surface area (TPSA) is 66.5 Å². The number of carbonyl (C=O) groups excluding carboxylic acids is 1. The molecule has 0 atom stereocenters. The minimum Gasteiger partial charge on any atom is -0.484 e. The van der Waals surface area contributed by atoms with E-state index in [1.165, 1.54) is 5.56 Å². The highest BCUT2D eigenvalue weighted by molar-refractivity contribution is 5.99. The molecule has 5 nitrogen and oxygen atoms in total. The Hall–Kier alpha value is -3.08. The van der Waals surface area contributed by atoms with Crippen LogP contribution in [0.5, 0.6) is 5.75 Å². The summed E-state index contributed by atoms with van der Waals surface area (Å²) in [6, 6.07) is 15.7. The molecule has 5 heteroatoms. The van der Waals surface area contributed by atoms with Gasteiger partial charge in [-0.3, -0.25) is 4.79 Å².